The van der Waals surface area contributed by atoms with E-state index < -0.39 is 8.38 Å². The molecular weight excluding hydrogens is 191 g/mol. The summed E-state index contributed by atoms with van der Waals surface area (Å²) in [6.07, 6.45) is 0. The number of hydrogen-bond donors (Lipinski definition) is 0. The van der Waals surface area contributed by atoms with Gasteiger partial charge in [0.25, 0.3) is 0 Å². The third-order valence-electron chi connectivity index (χ3n) is 1.56. The van der Waals surface area contributed by atoms with Gasteiger partial charge in [-0.15, -0.1) is 0 Å². The predicted octanol–water partition coefficient (Wildman–Crippen LogP) is 1.59. The highest BCUT2D eigenvalue weighted by atomic mass is 31.2. The molecule has 0 rings (SSSR count). The van der Waals surface area contributed by atoms with Gasteiger partial charge in [-0.1, -0.05) is 0 Å². The molecule has 0 saturated carbocycles. The van der Waals surface area contributed by atoms with Gasteiger partial charge in [0.05, 0.1) is 6.61 Å². The monoisotopic (exact) mass is 208 g/mol. The third-order valence-corrected chi connectivity index (χ3v) is 3.30. The molecule has 13 heavy (non-hydrogen) atoms. The number of ether oxygens (including phenoxy) is 1. The van der Waals surface area contributed by atoms with Crippen molar-refractivity contribution in [3.05, 3.63) is 0 Å². The van der Waals surface area contributed by atoms with Crippen LogP contribution in [0.4, 0.5) is 0 Å². The maximum Gasteiger partial charge on any atom is 0.183 e. The maximum atomic E-state index is 11.2. The Labute approximate surface area is 80.5 Å². The highest BCUT2D eigenvalue weighted by Gasteiger charge is 2.26. The molecule has 0 amide bonds. The molecule has 0 heterocycles. The predicted molar refractivity (Wildman–Crippen MR) is 51.9 cm³/mol. The lowest BCUT2D eigenvalue weighted by atomic mass is 10.3. The lowest BCUT2D eigenvalue weighted by Gasteiger charge is -2.20. The summed E-state index contributed by atoms with van der Waals surface area (Å²) in [7, 11) is 1.93. The SMILES string of the molecule is CCOCC(C(C)=O)P(OC)OC. The Morgan fingerprint density at radius 3 is 2.23 bits per heavy atom. The molecule has 0 aliphatic heterocycles. The third kappa shape index (κ3) is 4.67. The molecule has 0 fully saturated rings. The van der Waals surface area contributed by atoms with Crippen LogP contribution < -0.4 is 0 Å². The number of rotatable bonds is 7. The second kappa shape index (κ2) is 7.39. The minimum Gasteiger partial charge on any atom is -0.380 e. The minimum atomic E-state index is -1.15. The van der Waals surface area contributed by atoms with Crippen LogP contribution in [0.3, 0.4) is 0 Å². The fraction of sp³-hybridized carbons (Fsp3) is 0.875. The van der Waals surface area contributed by atoms with Crippen molar-refractivity contribution < 1.29 is 18.6 Å². The highest BCUT2D eigenvalue weighted by molar-refractivity contribution is 7.49. The van der Waals surface area contributed by atoms with E-state index in [1.165, 1.54) is 21.1 Å². The van der Waals surface area contributed by atoms with Crippen LogP contribution >= 0.6 is 8.38 Å². The van der Waals surface area contributed by atoms with Crippen molar-refractivity contribution in [1.82, 2.24) is 0 Å². The summed E-state index contributed by atoms with van der Waals surface area (Å²) in [5, 5.41) is 0. The molecule has 0 aromatic carbocycles. The van der Waals surface area contributed by atoms with Crippen molar-refractivity contribution in [1.29, 1.82) is 0 Å². The summed E-state index contributed by atoms with van der Waals surface area (Å²) in [6, 6.07) is 0. The van der Waals surface area contributed by atoms with Crippen LogP contribution in [0, 0.1) is 0 Å². The summed E-state index contributed by atoms with van der Waals surface area (Å²) < 4.78 is 15.3. The molecule has 1 unspecified atom stereocenters. The van der Waals surface area contributed by atoms with Crippen LogP contribution in [0.15, 0.2) is 0 Å². The molecule has 78 valence electrons. The van der Waals surface area contributed by atoms with Crippen LogP contribution in [0.2, 0.25) is 0 Å². The Hall–Kier alpha value is -0.0200. The van der Waals surface area contributed by atoms with Crippen LogP contribution in [0.1, 0.15) is 13.8 Å². The quantitative estimate of drug-likeness (QED) is 0.596. The molecule has 0 aliphatic rings. The van der Waals surface area contributed by atoms with E-state index in [-0.39, 0.29) is 11.4 Å². The molecule has 0 radical (unpaired) electrons. The molecule has 0 aromatic rings. The normalized spacial score (nSPS) is 13.3. The van der Waals surface area contributed by atoms with E-state index in [0.717, 1.165) is 0 Å². The Bertz CT molecular complexity index is 147. The van der Waals surface area contributed by atoms with Gasteiger partial charge in [0, 0.05) is 20.8 Å². The maximum absolute atomic E-state index is 11.2. The molecule has 0 N–H and O–H groups in total. The van der Waals surface area contributed by atoms with Crippen LogP contribution in [-0.2, 0) is 18.6 Å². The Morgan fingerprint density at radius 1 is 1.38 bits per heavy atom. The second-order valence-electron chi connectivity index (χ2n) is 2.44. The fourth-order valence-electron chi connectivity index (χ4n) is 0.885. The topological polar surface area (TPSA) is 44.8 Å². The van der Waals surface area contributed by atoms with Gasteiger partial charge in [0.2, 0.25) is 0 Å². The molecule has 4 nitrogen and oxygen atoms in total. The summed E-state index contributed by atoms with van der Waals surface area (Å²) in [5.41, 5.74) is -0.273. The first-order valence-electron chi connectivity index (χ1n) is 4.13. The molecule has 5 heteroatoms. The molecule has 0 spiro atoms. The van der Waals surface area contributed by atoms with Crippen LogP contribution in [-0.4, -0.2) is 38.9 Å². The number of ketones is 1. The number of Topliss-reactive ketones (excluding diaryl/α,β-unsaturated/α-hetero) is 1. The summed E-state index contributed by atoms with van der Waals surface area (Å²) >= 11 is 0. The molecule has 0 aliphatic carbocycles. The van der Waals surface area contributed by atoms with Gasteiger partial charge >= 0.3 is 0 Å². The van der Waals surface area contributed by atoms with E-state index in [2.05, 4.69) is 0 Å². The van der Waals surface area contributed by atoms with Gasteiger partial charge in [-0.25, -0.2) is 0 Å². The van der Waals surface area contributed by atoms with Gasteiger partial charge in [0.15, 0.2) is 8.38 Å². The molecule has 1 atom stereocenters. The van der Waals surface area contributed by atoms with Crippen molar-refractivity contribution in [2.75, 3.05) is 27.4 Å². The molecule has 0 aromatic heterocycles. The van der Waals surface area contributed by atoms with E-state index >= 15 is 0 Å². The van der Waals surface area contributed by atoms with E-state index in [1.807, 2.05) is 6.92 Å². The first kappa shape index (κ1) is 13.0. The Morgan fingerprint density at radius 2 is 1.92 bits per heavy atom. The first-order valence-corrected chi connectivity index (χ1v) is 5.37. The van der Waals surface area contributed by atoms with E-state index in [0.29, 0.717) is 13.2 Å². The van der Waals surface area contributed by atoms with Gasteiger partial charge in [-0.3, -0.25) is 4.79 Å². The highest BCUT2D eigenvalue weighted by Crippen LogP contribution is 2.42. The summed E-state index contributed by atoms with van der Waals surface area (Å²) in [4.78, 5) is 11.2. The van der Waals surface area contributed by atoms with Crippen molar-refractivity contribution in [2.45, 2.75) is 19.5 Å². The van der Waals surface area contributed by atoms with E-state index in [1.54, 1.807) is 0 Å². The average molecular weight is 208 g/mol. The fourth-order valence-corrected chi connectivity index (χ4v) is 2.07. The largest absolute Gasteiger partial charge is 0.380 e. The standard InChI is InChI=1S/C8H17O4P/c1-5-12-6-8(7(2)9)13(10-3)11-4/h8H,5-6H2,1-4H3. The number of carbonyl (C=O) groups is 1. The van der Waals surface area contributed by atoms with Gasteiger partial charge in [-0.05, 0) is 13.8 Å². The van der Waals surface area contributed by atoms with Crippen molar-refractivity contribution in [2.24, 2.45) is 0 Å². The van der Waals surface area contributed by atoms with Crippen molar-refractivity contribution in [3.63, 3.8) is 0 Å². The number of carbonyl (C=O) groups excluding carboxylic acids is 1. The lowest BCUT2D eigenvalue weighted by molar-refractivity contribution is -0.117. The zero-order valence-corrected chi connectivity index (χ0v) is 9.47. The molecule has 0 bridgehead atoms. The van der Waals surface area contributed by atoms with Crippen LogP contribution in [0.25, 0.3) is 0 Å². The zero-order valence-electron chi connectivity index (χ0n) is 8.57. The minimum absolute atomic E-state index is 0.0447. The smallest absolute Gasteiger partial charge is 0.183 e. The van der Waals surface area contributed by atoms with Crippen molar-refractivity contribution in [3.8, 4) is 0 Å². The molecular formula is C8H17O4P. The second-order valence-corrected chi connectivity index (χ2v) is 4.36. The number of hydrogen-bond acceptors (Lipinski definition) is 4. The van der Waals surface area contributed by atoms with E-state index in [9.17, 15) is 4.79 Å². The average Bonchev–Trinajstić information content (AvgIpc) is 2.11. The lowest BCUT2D eigenvalue weighted by Crippen LogP contribution is -2.23. The Balaban J connectivity index is 4.12. The van der Waals surface area contributed by atoms with Gasteiger partial charge in [0.1, 0.15) is 11.4 Å². The van der Waals surface area contributed by atoms with Crippen molar-refractivity contribution >= 4 is 14.2 Å². The Kier molecular flexibility index (Phi) is 7.38. The zero-order chi connectivity index (χ0) is 10.3. The molecule has 0 saturated heterocycles. The first-order chi connectivity index (χ1) is 6.17. The van der Waals surface area contributed by atoms with Gasteiger partial charge < -0.3 is 13.8 Å². The van der Waals surface area contributed by atoms with Crippen LogP contribution in [0.5, 0.6) is 0 Å². The summed E-state index contributed by atoms with van der Waals surface area (Å²) in [6.45, 7) is 4.38. The van der Waals surface area contributed by atoms with E-state index in [4.69, 9.17) is 13.8 Å². The summed E-state index contributed by atoms with van der Waals surface area (Å²) in [5.74, 6) is 0.0447. The van der Waals surface area contributed by atoms with Gasteiger partial charge in [-0.2, -0.15) is 0 Å².